The van der Waals surface area contributed by atoms with Crippen LogP contribution in [0, 0.1) is 6.92 Å². The highest BCUT2D eigenvalue weighted by molar-refractivity contribution is 6.15. The molecule has 1 aromatic carbocycles. The number of rotatable bonds is 7. The molecule has 0 unspecified atom stereocenters. The average molecular weight is 409 g/mol. The second kappa shape index (κ2) is 7.84. The molecule has 1 amide bonds. The minimum absolute atomic E-state index is 0.00870. The van der Waals surface area contributed by atoms with Gasteiger partial charge in [0.05, 0.1) is 26.2 Å². The summed E-state index contributed by atoms with van der Waals surface area (Å²) in [6.45, 7) is 3.04. The number of furan rings is 2. The monoisotopic (exact) mass is 409 g/mol. The van der Waals surface area contributed by atoms with Crippen molar-refractivity contribution in [3.8, 4) is 0 Å². The Labute approximate surface area is 174 Å². The molecule has 156 valence electrons. The summed E-state index contributed by atoms with van der Waals surface area (Å²) in [5.41, 5.74) is 0.562. The summed E-state index contributed by atoms with van der Waals surface area (Å²) in [6, 6.07) is 11.6. The number of amides is 1. The predicted octanol–water partition coefficient (Wildman–Crippen LogP) is 2.45. The van der Waals surface area contributed by atoms with Gasteiger partial charge in [-0.05, 0) is 31.2 Å². The van der Waals surface area contributed by atoms with E-state index in [4.69, 9.17) is 8.83 Å². The van der Waals surface area contributed by atoms with E-state index in [1.165, 1.54) is 9.80 Å². The van der Waals surface area contributed by atoms with Gasteiger partial charge in [0.25, 0.3) is 5.91 Å². The first-order valence-corrected chi connectivity index (χ1v) is 9.99. The van der Waals surface area contributed by atoms with E-state index in [1.54, 1.807) is 31.2 Å². The van der Waals surface area contributed by atoms with Crippen LogP contribution in [0.2, 0.25) is 0 Å². The summed E-state index contributed by atoms with van der Waals surface area (Å²) in [6.07, 6.45) is 0.726. The lowest BCUT2D eigenvalue weighted by Gasteiger charge is -2.24. The third kappa shape index (κ3) is 3.52. The van der Waals surface area contributed by atoms with Gasteiger partial charge in [-0.1, -0.05) is 18.2 Å². The van der Waals surface area contributed by atoms with Gasteiger partial charge in [0.2, 0.25) is 5.78 Å². The molecule has 2 N–H and O–H groups in total. The number of Topliss-reactive ketones (excluding diaryl/α,β-unsaturated/α-hetero) is 1. The summed E-state index contributed by atoms with van der Waals surface area (Å²) in [7, 11) is 4.07. The molecule has 3 heterocycles. The van der Waals surface area contributed by atoms with Crippen LogP contribution < -0.4 is 4.90 Å². The van der Waals surface area contributed by atoms with Gasteiger partial charge in [0, 0.05) is 18.4 Å². The Morgan fingerprint density at radius 1 is 1.17 bits per heavy atom. The van der Waals surface area contributed by atoms with Crippen LogP contribution in [0.1, 0.15) is 34.5 Å². The lowest BCUT2D eigenvalue weighted by Crippen LogP contribution is -3.05. The molecule has 0 spiro atoms. The Bertz CT molecular complexity index is 1100. The van der Waals surface area contributed by atoms with Crippen LogP contribution in [0.4, 0.5) is 0 Å². The summed E-state index contributed by atoms with van der Waals surface area (Å²) in [4.78, 5) is 29.0. The fraction of sp³-hybridized carbons (Fsp3) is 0.304. The molecule has 0 aliphatic carbocycles. The van der Waals surface area contributed by atoms with Gasteiger partial charge in [-0.25, -0.2) is 0 Å². The lowest BCUT2D eigenvalue weighted by atomic mass is 9.99. The first-order chi connectivity index (χ1) is 14.4. The number of hydrogen-bond donors (Lipinski definition) is 2. The number of carbonyl (C=O) groups excluding carboxylic acids is 2. The number of aryl methyl sites for hydroxylation is 1. The van der Waals surface area contributed by atoms with Crippen molar-refractivity contribution in [1.82, 2.24) is 4.90 Å². The Balaban J connectivity index is 1.73. The normalized spacial score (nSPS) is 17.0. The predicted molar refractivity (Wildman–Crippen MR) is 110 cm³/mol. The summed E-state index contributed by atoms with van der Waals surface area (Å²) in [5, 5.41) is 11.4. The van der Waals surface area contributed by atoms with Crippen LogP contribution in [-0.4, -0.2) is 48.9 Å². The van der Waals surface area contributed by atoms with Crippen molar-refractivity contribution in [3.05, 3.63) is 71.1 Å². The van der Waals surface area contributed by atoms with Crippen molar-refractivity contribution >= 4 is 22.7 Å². The highest BCUT2D eigenvalue weighted by Crippen LogP contribution is 2.40. The molecule has 0 saturated carbocycles. The zero-order chi connectivity index (χ0) is 21.4. The number of nitrogens with one attached hydrogen (secondary N) is 1. The van der Waals surface area contributed by atoms with E-state index in [2.05, 4.69) is 0 Å². The van der Waals surface area contributed by atoms with E-state index in [0.29, 0.717) is 23.6 Å². The molecule has 3 aromatic rings. The largest absolute Gasteiger partial charge is 0.503 e. The standard InChI is InChI=1S/C23H24N2O5/c1-14-9-10-17(29-14)20-19(22(27)23(28)25(20)12-6-11-24(2)3)21(26)18-13-15-7-4-5-8-16(15)30-18/h4-5,7-10,13,20,27H,6,11-12H2,1-3H3/p+1/t20-/m1/s1. The summed E-state index contributed by atoms with van der Waals surface area (Å²) in [5.74, 6) is -0.437. The Morgan fingerprint density at radius 3 is 2.60 bits per heavy atom. The number of aliphatic hydroxyl groups is 1. The summed E-state index contributed by atoms with van der Waals surface area (Å²) >= 11 is 0. The van der Waals surface area contributed by atoms with Crippen LogP contribution >= 0.6 is 0 Å². The molecule has 0 saturated heterocycles. The van der Waals surface area contributed by atoms with Crippen molar-refractivity contribution in [2.24, 2.45) is 0 Å². The number of para-hydroxylation sites is 1. The number of nitrogens with zero attached hydrogens (tertiary/aromatic N) is 1. The van der Waals surface area contributed by atoms with Crippen molar-refractivity contribution in [2.75, 3.05) is 27.2 Å². The van der Waals surface area contributed by atoms with Gasteiger partial charge in [0.1, 0.15) is 23.1 Å². The number of benzene rings is 1. The van der Waals surface area contributed by atoms with E-state index in [1.807, 2.05) is 32.3 Å². The number of ketones is 1. The van der Waals surface area contributed by atoms with Crippen LogP contribution in [0.5, 0.6) is 0 Å². The fourth-order valence-corrected chi connectivity index (χ4v) is 3.84. The SMILES string of the molecule is Cc1ccc([C@@H]2C(C(=O)c3cc4ccccc4o3)=C(O)C(=O)N2CCC[NH+](C)C)o1. The van der Waals surface area contributed by atoms with Crippen molar-refractivity contribution in [2.45, 2.75) is 19.4 Å². The van der Waals surface area contributed by atoms with Crippen LogP contribution in [0.25, 0.3) is 11.0 Å². The Kier molecular flexibility index (Phi) is 5.22. The minimum Gasteiger partial charge on any atom is -0.503 e. The number of quaternary nitrogens is 1. The molecule has 1 aliphatic heterocycles. The molecule has 7 heteroatoms. The molecule has 0 radical (unpaired) electrons. The first-order valence-electron chi connectivity index (χ1n) is 9.99. The summed E-state index contributed by atoms with van der Waals surface area (Å²) < 4.78 is 11.5. The second-order valence-corrected chi connectivity index (χ2v) is 7.90. The molecule has 1 atom stereocenters. The highest BCUT2D eigenvalue weighted by Gasteiger charge is 2.45. The third-order valence-corrected chi connectivity index (χ3v) is 5.30. The van der Waals surface area contributed by atoms with Gasteiger partial charge < -0.3 is 23.7 Å². The quantitative estimate of drug-likeness (QED) is 0.585. The molecule has 30 heavy (non-hydrogen) atoms. The number of fused-ring (bicyclic) bond motifs is 1. The van der Waals surface area contributed by atoms with Gasteiger partial charge in [-0.15, -0.1) is 0 Å². The van der Waals surface area contributed by atoms with E-state index < -0.39 is 23.5 Å². The minimum atomic E-state index is -0.788. The van der Waals surface area contributed by atoms with Gasteiger partial charge in [0.15, 0.2) is 11.5 Å². The maximum absolute atomic E-state index is 13.4. The zero-order valence-electron chi connectivity index (χ0n) is 17.3. The first kappa shape index (κ1) is 20.0. The molecular weight excluding hydrogens is 384 g/mol. The van der Waals surface area contributed by atoms with Crippen molar-refractivity contribution < 1.29 is 28.4 Å². The maximum atomic E-state index is 13.4. The Hall–Kier alpha value is -3.32. The molecule has 0 fully saturated rings. The molecular formula is C23H25N2O5+. The van der Waals surface area contributed by atoms with E-state index in [9.17, 15) is 14.7 Å². The van der Waals surface area contributed by atoms with Crippen LogP contribution in [0.3, 0.4) is 0 Å². The van der Waals surface area contributed by atoms with Crippen molar-refractivity contribution in [3.63, 3.8) is 0 Å². The molecule has 0 bridgehead atoms. The molecule has 1 aliphatic rings. The van der Waals surface area contributed by atoms with Crippen LogP contribution in [0.15, 0.2) is 62.6 Å². The van der Waals surface area contributed by atoms with Crippen LogP contribution in [-0.2, 0) is 4.79 Å². The smallest absolute Gasteiger partial charge is 0.290 e. The van der Waals surface area contributed by atoms with E-state index in [0.717, 1.165) is 18.4 Å². The molecule has 4 rings (SSSR count). The average Bonchev–Trinajstić information content (AvgIpc) is 3.39. The van der Waals surface area contributed by atoms with E-state index in [-0.39, 0.29) is 11.3 Å². The third-order valence-electron chi connectivity index (χ3n) is 5.30. The topological polar surface area (TPSA) is 88.3 Å². The number of hydrogen-bond acceptors (Lipinski definition) is 5. The van der Waals surface area contributed by atoms with Gasteiger partial charge in [-0.2, -0.15) is 0 Å². The zero-order valence-corrected chi connectivity index (χ0v) is 17.3. The Morgan fingerprint density at radius 2 is 1.93 bits per heavy atom. The fourth-order valence-electron chi connectivity index (χ4n) is 3.84. The highest BCUT2D eigenvalue weighted by atomic mass is 16.4. The molecule has 2 aromatic heterocycles. The molecule has 7 nitrogen and oxygen atoms in total. The number of aliphatic hydroxyl groups excluding tert-OH is 1. The van der Waals surface area contributed by atoms with Crippen molar-refractivity contribution in [1.29, 1.82) is 0 Å². The lowest BCUT2D eigenvalue weighted by molar-refractivity contribution is -0.858. The maximum Gasteiger partial charge on any atom is 0.290 e. The van der Waals surface area contributed by atoms with Gasteiger partial charge in [-0.3, -0.25) is 9.59 Å². The van der Waals surface area contributed by atoms with Gasteiger partial charge >= 0.3 is 0 Å². The van der Waals surface area contributed by atoms with E-state index >= 15 is 0 Å². The second-order valence-electron chi connectivity index (χ2n) is 7.90. The number of carbonyl (C=O) groups is 2.